The minimum atomic E-state index is -0.602. The molecule has 1 aromatic heterocycles. The van der Waals surface area contributed by atoms with E-state index in [0.717, 1.165) is 11.1 Å². The summed E-state index contributed by atoms with van der Waals surface area (Å²) >= 11 is 5.95. The zero-order valence-electron chi connectivity index (χ0n) is 21.5. The summed E-state index contributed by atoms with van der Waals surface area (Å²) in [5.41, 5.74) is 16.1. The van der Waals surface area contributed by atoms with Crippen molar-refractivity contribution >= 4 is 40.5 Å². The lowest BCUT2D eigenvalue weighted by atomic mass is 9.95. The molecule has 0 unspecified atom stereocenters. The van der Waals surface area contributed by atoms with Gasteiger partial charge in [-0.25, -0.2) is 4.39 Å². The second-order valence-corrected chi connectivity index (χ2v) is 10.1. The smallest absolute Gasteiger partial charge is 0.271 e. The Kier molecular flexibility index (Phi) is 7.40. The molecule has 0 spiro atoms. The van der Waals surface area contributed by atoms with Crippen LogP contribution >= 0.6 is 11.6 Å². The number of carbonyl (C=O) groups is 2. The number of aromatic nitrogens is 1. The molecular weight excluding hydrogens is 521 g/mol. The highest BCUT2D eigenvalue weighted by Crippen LogP contribution is 2.34. The number of nitrogens with two attached hydrogens (primary N) is 1. The van der Waals surface area contributed by atoms with E-state index >= 15 is 0 Å². The maximum absolute atomic E-state index is 14.6. The summed E-state index contributed by atoms with van der Waals surface area (Å²) in [5.74, 6) is -1.32. The van der Waals surface area contributed by atoms with Gasteiger partial charge in [-0.2, -0.15) is 0 Å². The van der Waals surface area contributed by atoms with Crippen LogP contribution in [0.25, 0.3) is 11.1 Å². The first-order valence-electron chi connectivity index (χ1n) is 12.7. The maximum Gasteiger partial charge on any atom is 0.271 e. The van der Waals surface area contributed by atoms with Gasteiger partial charge >= 0.3 is 0 Å². The molecule has 0 fully saturated rings. The van der Waals surface area contributed by atoms with E-state index in [4.69, 9.17) is 17.3 Å². The molecule has 39 heavy (non-hydrogen) atoms. The molecule has 2 aliphatic heterocycles. The Morgan fingerprint density at radius 1 is 1.21 bits per heavy atom. The van der Waals surface area contributed by atoms with Crippen LogP contribution in [0.2, 0.25) is 5.02 Å². The van der Waals surface area contributed by atoms with Crippen molar-refractivity contribution in [3.05, 3.63) is 82.7 Å². The fraction of sp³-hybridized carbons (Fsp3) is 0.250. The molecule has 202 valence electrons. The Labute approximate surface area is 230 Å². The predicted molar refractivity (Wildman–Crippen MR) is 149 cm³/mol. The zero-order valence-corrected chi connectivity index (χ0v) is 22.3. The summed E-state index contributed by atoms with van der Waals surface area (Å²) < 4.78 is 14.6. The number of hydrogen-bond donors (Lipinski definition) is 5. The van der Waals surface area contributed by atoms with Crippen molar-refractivity contribution in [2.45, 2.75) is 39.2 Å². The van der Waals surface area contributed by atoms with E-state index in [1.807, 2.05) is 25.1 Å². The fourth-order valence-corrected chi connectivity index (χ4v) is 4.96. The molecule has 9 nitrogen and oxygen atoms in total. The monoisotopic (exact) mass is 549 g/mol. The number of nitrogens with zero attached hydrogens (tertiary/aromatic N) is 2. The van der Waals surface area contributed by atoms with Crippen molar-refractivity contribution in [3.63, 3.8) is 0 Å². The van der Waals surface area contributed by atoms with Crippen LogP contribution in [-0.2, 0) is 9.59 Å². The minimum absolute atomic E-state index is 0.0219. The van der Waals surface area contributed by atoms with Gasteiger partial charge in [-0.05, 0) is 61.7 Å². The van der Waals surface area contributed by atoms with Crippen molar-refractivity contribution in [1.29, 1.82) is 0 Å². The average molecular weight is 550 g/mol. The number of halogens is 2. The lowest BCUT2D eigenvalue weighted by Crippen LogP contribution is -2.40. The zero-order chi connectivity index (χ0) is 27.7. The van der Waals surface area contributed by atoms with E-state index in [1.165, 1.54) is 11.1 Å². The number of allylic oxidation sites excluding steroid dienone is 1. The summed E-state index contributed by atoms with van der Waals surface area (Å²) in [4.78, 5) is 30.9. The third kappa shape index (κ3) is 5.39. The number of hydrogen-bond acceptors (Lipinski definition) is 7. The molecule has 2 bridgehead atoms. The number of pyridine rings is 1. The number of nitrogen functional groups attached to an aromatic ring is 1. The van der Waals surface area contributed by atoms with Crippen LogP contribution < -0.4 is 32.3 Å². The highest BCUT2D eigenvalue weighted by molar-refractivity contribution is 6.31. The van der Waals surface area contributed by atoms with Gasteiger partial charge in [0.2, 0.25) is 5.91 Å². The molecular formula is C28H29ClFN7O2. The first kappa shape index (κ1) is 26.5. The maximum atomic E-state index is 14.6. The number of hydrazine groups is 2. The molecule has 0 saturated heterocycles. The second-order valence-electron chi connectivity index (χ2n) is 9.73. The molecule has 5 rings (SSSR count). The van der Waals surface area contributed by atoms with Gasteiger partial charge in [0.1, 0.15) is 5.70 Å². The molecule has 2 aromatic carbocycles. The number of anilines is 3. The number of rotatable bonds is 3. The van der Waals surface area contributed by atoms with Crippen LogP contribution in [0, 0.1) is 11.7 Å². The fourth-order valence-electron chi connectivity index (χ4n) is 4.79. The van der Waals surface area contributed by atoms with Crippen molar-refractivity contribution in [2.24, 2.45) is 5.92 Å². The van der Waals surface area contributed by atoms with Crippen molar-refractivity contribution in [3.8, 4) is 11.1 Å². The van der Waals surface area contributed by atoms with E-state index in [9.17, 15) is 14.0 Å². The molecule has 2 atom stereocenters. The number of fused-ring (bicyclic) bond motifs is 4. The largest absolute Gasteiger partial charge is 0.399 e. The first-order chi connectivity index (χ1) is 18.7. The van der Waals surface area contributed by atoms with Crippen molar-refractivity contribution in [2.75, 3.05) is 16.1 Å². The average Bonchev–Trinajstić information content (AvgIpc) is 3.30. The number of carbonyl (C=O) groups excluding carboxylic acids is 2. The molecule has 3 heterocycles. The number of amides is 2. The van der Waals surface area contributed by atoms with Crippen LogP contribution in [0.5, 0.6) is 0 Å². The van der Waals surface area contributed by atoms with E-state index < -0.39 is 11.9 Å². The summed E-state index contributed by atoms with van der Waals surface area (Å²) in [6.45, 7) is 3.58. The van der Waals surface area contributed by atoms with Gasteiger partial charge in [0.05, 0.1) is 33.8 Å². The first-order valence-corrected chi connectivity index (χ1v) is 13.0. The summed E-state index contributed by atoms with van der Waals surface area (Å²) in [6.07, 6.45) is 3.56. The third-order valence-corrected chi connectivity index (χ3v) is 7.31. The standard InChI is InChI=1S/C28H29ClFN7O2/c1-15-5-3-7-21(23-13-17(11-12-32-23)19-10-9-18(31)14-22(19)34-27(15)38)33-28(39)26-16(2)37(36-35-26)24-8-4-6-20(29)25(24)30/h4,6,8-15,21,35-36H,3,5,7,31H2,1-2H3,(H,33,39)(H,34,38)/t15-,21+/m1/s1. The van der Waals surface area contributed by atoms with E-state index in [2.05, 4.69) is 26.6 Å². The van der Waals surface area contributed by atoms with Crippen LogP contribution in [-0.4, -0.2) is 16.8 Å². The predicted octanol–water partition coefficient (Wildman–Crippen LogP) is 4.80. The molecule has 6 N–H and O–H groups in total. The van der Waals surface area contributed by atoms with Crippen LogP contribution in [0.15, 0.2) is 66.1 Å². The van der Waals surface area contributed by atoms with Crippen LogP contribution in [0.1, 0.15) is 44.8 Å². The van der Waals surface area contributed by atoms with Gasteiger partial charge in [-0.1, -0.05) is 37.1 Å². The molecule has 0 saturated carbocycles. The molecule has 0 radical (unpaired) electrons. The van der Waals surface area contributed by atoms with Gasteiger partial charge in [0.25, 0.3) is 5.91 Å². The normalized spacial score (nSPS) is 19.4. The number of benzene rings is 2. The number of nitrogens with one attached hydrogen (secondary N) is 4. The topological polar surface area (TPSA) is 124 Å². The summed E-state index contributed by atoms with van der Waals surface area (Å²) in [7, 11) is 0. The van der Waals surface area contributed by atoms with Crippen molar-refractivity contribution < 1.29 is 14.0 Å². The third-order valence-electron chi connectivity index (χ3n) is 7.02. The van der Waals surface area contributed by atoms with Gasteiger partial charge in [-0.15, -0.1) is 5.53 Å². The van der Waals surface area contributed by atoms with Gasteiger partial charge < -0.3 is 16.4 Å². The Hall–Kier alpha value is -4.15. The van der Waals surface area contributed by atoms with Gasteiger partial charge in [0.15, 0.2) is 5.82 Å². The Bertz CT molecular complexity index is 1480. The lowest BCUT2D eigenvalue weighted by Gasteiger charge is -2.22. The molecule has 0 aliphatic carbocycles. The SMILES string of the molecule is CC1=C(C(=O)N[C@H]2CCC[C@@H](C)C(=O)Nc3cc(N)ccc3-c3ccnc2c3)NNN1c1cccc(Cl)c1F. The summed E-state index contributed by atoms with van der Waals surface area (Å²) in [6, 6.07) is 13.4. The highest BCUT2D eigenvalue weighted by Gasteiger charge is 2.29. The van der Waals surface area contributed by atoms with Crippen LogP contribution in [0.3, 0.4) is 0 Å². The van der Waals surface area contributed by atoms with Gasteiger partial charge in [-0.3, -0.25) is 25.0 Å². The van der Waals surface area contributed by atoms with E-state index in [-0.39, 0.29) is 34.1 Å². The summed E-state index contributed by atoms with van der Waals surface area (Å²) in [5, 5.41) is 7.51. The molecule has 3 aromatic rings. The minimum Gasteiger partial charge on any atom is -0.399 e. The highest BCUT2D eigenvalue weighted by atomic mass is 35.5. The Morgan fingerprint density at radius 2 is 2.03 bits per heavy atom. The molecule has 2 aliphatic rings. The van der Waals surface area contributed by atoms with E-state index in [1.54, 1.807) is 37.4 Å². The Morgan fingerprint density at radius 3 is 2.85 bits per heavy atom. The quantitative estimate of drug-likeness (QED) is 0.297. The second kappa shape index (κ2) is 10.9. The van der Waals surface area contributed by atoms with Crippen molar-refractivity contribution in [1.82, 2.24) is 21.3 Å². The van der Waals surface area contributed by atoms with Gasteiger partial charge in [0, 0.05) is 23.4 Å². The van der Waals surface area contributed by atoms with E-state index in [0.29, 0.717) is 42.0 Å². The Balaban J connectivity index is 1.46. The lowest BCUT2D eigenvalue weighted by molar-refractivity contribution is -0.120. The molecule has 11 heteroatoms. The molecule has 2 amide bonds. The van der Waals surface area contributed by atoms with Crippen LogP contribution in [0.4, 0.5) is 21.5 Å².